The van der Waals surface area contributed by atoms with Gasteiger partial charge in [-0.05, 0) is 6.26 Å². The molecule has 0 bridgehead atoms. The van der Waals surface area contributed by atoms with E-state index in [2.05, 4.69) is 0 Å². The van der Waals surface area contributed by atoms with Crippen LogP contribution in [0.3, 0.4) is 0 Å². The van der Waals surface area contributed by atoms with Gasteiger partial charge in [0.1, 0.15) is 0 Å². The fourth-order valence-electron chi connectivity index (χ4n) is 0.396. The predicted molar refractivity (Wildman–Crippen MR) is 41.8 cm³/mol. The van der Waals surface area contributed by atoms with Gasteiger partial charge < -0.3 is 0 Å². The van der Waals surface area contributed by atoms with E-state index in [-0.39, 0.29) is 11.8 Å². The SMILES string of the molecule is CSCC(=O)N(C)C(C)=O. The van der Waals surface area contributed by atoms with Crippen LogP contribution >= 0.6 is 11.8 Å². The van der Waals surface area contributed by atoms with E-state index >= 15 is 0 Å². The molecule has 0 aliphatic rings. The molecule has 3 nitrogen and oxygen atoms in total. The van der Waals surface area contributed by atoms with Crippen LogP contribution in [-0.4, -0.2) is 35.8 Å². The van der Waals surface area contributed by atoms with Gasteiger partial charge in [0.2, 0.25) is 11.8 Å². The van der Waals surface area contributed by atoms with Gasteiger partial charge in [0.25, 0.3) is 0 Å². The molecule has 0 aromatic heterocycles. The van der Waals surface area contributed by atoms with Crippen LogP contribution in [-0.2, 0) is 9.59 Å². The molecule has 2 amide bonds. The summed E-state index contributed by atoms with van der Waals surface area (Å²) in [5.74, 6) is 0.0230. The van der Waals surface area contributed by atoms with Crippen molar-refractivity contribution in [3.05, 3.63) is 0 Å². The monoisotopic (exact) mass is 161 g/mol. The number of rotatable bonds is 2. The van der Waals surface area contributed by atoms with Gasteiger partial charge in [-0.1, -0.05) is 0 Å². The minimum atomic E-state index is -0.209. The lowest BCUT2D eigenvalue weighted by Gasteiger charge is -2.10. The van der Waals surface area contributed by atoms with E-state index in [1.807, 2.05) is 6.26 Å². The zero-order chi connectivity index (χ0) is 8.15. The highest BCUT2D eigenvalue weighted by Gasteiger charge is 2.10. The van der Waals surface area contributed by atoms with Crippen LogP contribution in [0.5, 0.6) is 0 Å². The minimum absolute atomic E-state index is 0.139. The lowest BCUT2D eigenvalue weighted by Crippen LogP contribution is -2.32. The zero-order valence-electron chi connectivity index (χ0n) is 6.38. The number of thioether (sulfide) groups is 1. The number of carbonyl (C=O) groups excluding carboxylic acids is 2. The van der Waals surface area contributed by atoms with Crippen LogP contribution in [0.15, 0.2) is 0 Å². The first-order valence-electron chi connectivity index (χ1n) is 2.85. The van der Waals surface area contributed by atoms with Crippen molar-refractivity contribution >= 4 is 23.6 Å². The zero-order valence-corrected chi connectivity index (χ0v) is 7.20. The highest BCUT2D eigenvalue weighted by Crippen LogP contribution is 1.95. The number of carbonyl (C=O) groups is 2. The number of amides is 2. The number of hydrogen-bond acceptors (Lipinski definition) is 3. The molecule has 58 valence electrons. The van der Waals surface area contributed by atoms with Crippen molar-refractivity contribution in [1.82, 2.24) is 4.90 Å². The molecule has 0 heterocycles. The average Bonchev–Trinajstić information content (AvgIpc) is 1.87. The lowest BCUT2D eigenvalue weighted by atomic mass is 10.5. The standard InChI is InChI=1S/C6H11NO2S/c1-5(8)7(2)6(9)4-10-3/h4H2,1-3H3. The van der Waals surface area contributed by atoms with Gasteiger partial charge in [-0.25, -0.2) is 0 Å². The quantitative estimate of drug-likeness (QED) is 0.586. The molecule has 0 spiro atoms. The Hall–Kier alpha value is -0.510. The second-order valence-electron chi connectivity index (χ2n) is 1.90. The molecular weight excluding hydrogens is 150 g/mol. The van der Waals surface area contributed by atoms with E-state index in [0.29, 0.717) is 5.75 Å². The van der Waals surface area contributed by atoms with Crippen molar-refractivity contribution < 1.29 is 9.59 Å². The molecule has 0 aromatic carbocycles. The first-order chi connectivity index (χ1) is 4.59. The first kappa shape index (κ1) is 9.49. The summed E-state index contributed by atoms with van der Waals surface area (Å²) < 4.78 is 0. The molecule has 0 aliphatic carbocycles. The van der Waals surface area contributed by atoms with E-state index in [1.165, 1.54) is 25.7 Å². The van der Waals surface area contributed by atoms with Crippen molar-refractivity contribution in [2.45, 2.75) is 6.92 Å². The summed E-state index contributed by atoms with van der Waals surface area (Å²) in [7, 11) is 1.49. The Bertz CT molecular complexity index is 147. The van der Waals surface area contributed by atoms with Gasteiger partial charge in [-0.3, -0.25) is 14.5 Å². The number of imide groups is 1. The fraction of sp³-hybridized carbons (Fsp3) is 0.667. The topological polar surface area (TPSA) is 37.4 Å². The maximum atomic E-state index is 10.9. The summed E-state index contributed by atoms with van der Waals surface area (Å²) in [4.78, 5) is 22.5. The van der Waals surface area contributed by atoms with Gasteiger partial charge in [0.05, 0.1) is 5.75 Å². The minimum Gasteiger partial charge on any atom is -0.285 e. The Morgan fingerprint density at radius 3 is 2.30 bits per heavy atom. The Balaban J connectivity index is 3.82. The van der Waals surface area contributed by atoms with E-state index in [1.54, 1.807) is 0 Å². The Kier molecular flexibility index (Phi) is 4.11. The van der Waals surface area contributed by atoms with Gasteiger partial charge in [-0.2, -0.15) is 11.8 Å². The molecule has 0 N–H and O–H groups in total. The van der Waals surface area contributed by atoms with Crippen molar-refractivity contribution in [3.63, 3.8) is 0 Å². The van der Waals surface area contributed by atoms with Gasteiger partial charge in [-0.15, -0.1) is 0 Å². The first-order valence-corrected chi connectivity index (χ1v) is 4.25. The van der Waals surface area contributed by atoms with Gasteiger partial charge in [0.15, 0.2) is 0 Å². The number of hydrogen-bond donors (Lipinski definition) is 0. The molecule has 0 saturated carbocycles. The Labute approximate surface area is 64.8 Å². The van der Waals surface area contributed by atoms with Crippen molar-refractivity contribution in [2.75, 3.05) is 19.1 Å². The summed E-state index contributed by atoms with van der Waals surface area (Å²) >= 11 is 1.41. The fourth-order valence-corrected chi connectivity index (χ4v) is 0.837. The molecular formula is C6H11NO2S. The third kappa shape index (κ3) is 2.87. The Morgan fingerprint density at radius 1 is 1.50 bits per heavy atom. The second-order valence-corrected chi connectivity index (χ2v) is 2.77. The molecule has 0 atom stereocenters. The van der Waals surface area contributed by atoms with Crippen LogP contribution in [0.1, 0.15) is 6.92 Å². The molecule has 0 fully saturated rings. The maximum absolute atomic E-state index is 10.9. The highest BCUT2D eigenvalue weighted by molar-refractivity contribution is 7.99. The van der Waals surface area contributed by atoms with E-state index in [0.717, 1.165) is 4.90 Å². The molecule has 4 heteroatoms. The maximum Gasteiger partial charge on any atom is 0.238 e. The molecule has 0 aromatic rings. The van der Waals surface area contributed by atoms with Crippen molar-refractivity contribution in [3.8, 4) is 0 Å². The summed E-state index contributed by atoms with van der Waals surface area (Å²) in [6.07, 6.45) is 1.83. The molecule has 0 unspecified atom stereocenters. The molecule has 0 rings (SSSR count). The van der Waals surface area contributed by atoms with Crippen molar-refractivity contribution in [2.24, 2.45) is 0 Å². The van der Waals surface area contributed by atoms with Crippen molar-refractivity contribution in [1.29, 1.82) is 0 Å². The smallest absolute Gasteiger partial charge is 0.238 e. The predicted octanol–water partition coefficient (Wildman–Crippen LogP) is 0.354. The summed E-state index contributed by atoms with van der Waals surface area (Å²) in [5.41, 5.74) is 0. The molecule has 0 aliphatic heterocycles. The van der Waals surface area contributed by atoms with E-state index in [9.17, 15) is 9.59 Å². The summed E-state index contributed by atoms with van der Waals surface area (Å²) in [6.45, 7) is 1.37. The summed E-state index contributed by atoms with van der Waals surface area (Å²) in [5, 5.41) is 0. The largest absolute Gasteiger partial charge is 0.285 e. The van der Waals surface area contributed by atoms with Crippen LogP contribution in [0, 0.1) is 0 Å². The lowest BCUT2D eigenvalue weighted by molar-refractivity contribution is -0.140. The normalized spacial score (nSPS) is 9.10. The second kappa shape index (κ2) is 4.33. The van der Waals surface area contributed by atoms with E-state index < -0.39 is 0 Å². The molecule has 0 radical (unpaired) electrons. The van der Waals surface area contributed by atoms with Crippen LogP contribution in [0.25, 0.3) is 0 Å². The highest BCUT2D eigenvalue weighted by atomic mass is 32.2. The molecule has 10 heavy (non-hydrogen) atoms. The van der Waals surface area contributed by atoms with Gasteiger partial charge >= 0.3 is 0 Å². The van der Waals surface area contributed by atoms with Crippen LogP contribution in [0.2, 0.25) is 0 Å². The van der Waals surface area contributed by atoms with Gasteiger partial charge in [0, 0.05) is 14.0 Å². The average molecular weight is 161 g/mol. The molecule has 0 saturated heterocycles. The third-order valence-electron chi connectivity index (χ3n) is 1.11. The van der Waals surface area contributed by atoms with Crippen LogP contribution < -0.4 is 0 Å². The third-order valence-corrected chi connectivity index (χ3v) is 1.65. The van der Waals surface area contributed by atoms with Crippen LogP contribution in [0.4, 0.5) is 0 Å². The number of nitrogens with zero attached hydrogens (tertiary/aromatic N) is 1. The summed E-state index contributed by atoms with van der Waals surface area (Å²) in [6, 6.07) is 0. The van der Waals surface area contributed by atoms with E-state index in [4.69, 9.17) is 0 Å². The Morgan fingerprint density at radius 2 is 2.00 bits per heavy atom.